The van der Waals surface area contributed by atoms with Crippen molar-refractivity contribution in [2.75, 3.05) is 0 Å². The van der Waals surface area contributed by atoms with Crippen molar-refractivity contribution < 1.29 is 4.79 Å². The molecule has 0 bridgehead atoms. The van der Waals surface area contributed by atoms with Crippen LogP contribution in [0.3, 0.4) is 0 Å². The fourth-order valence-corrected chi connectivity index (χ4v) is 3.03. The molecule has 0 aliphatic carbocycles. The van der Waals surface area contributed by atoms with Crippen molar-refractivity contribution in [3.8, 4) is 17.2 Å². The van der Waals surface area contributed by atoms with Crippen LogP contribution in [0.2, 0.25) is 0 Å². The van der Waals surface area contributed by atoms with E-state index < -0.39 is 4.75 Å². The maximum absolute atomic E-state index is 11.2. The molecule has 1 aromatic heterocycles. The van der Waals surface area contributed by atoms with Gasteiger partial charge in [0.2, 0.25) is 0 Å². The molecule has 2 aromatic rings. The third-order valence-corrected chi connectivity index (χ3v) is 4.28. The van der Waals surface area contributed by atoms with Gasteiger partial charge in [0, 0.05) is 22.9 Å². The van der Waals surface area contributed by atoms with E-state index in [1.165, 1.54) is 11.8 Å². The normalized spacial score (nSPS) is 11.0. The second-order valence-electron chi connectivity index (χ2n) is 5.34. The average Bonchev–Trinajstić information content (AvgIpc) is 2.47. The van der Waals surface area contributed by atoms with Gasteiger partial charge in [0.15, 0.2) is 0 Å². The minimum atomic E-state index is -0.489. The molecule has 3 nitrogen and oxygen atoms in total. The number of hydrogen-bond acceptors (Lipinski definition) is 4. The first-order chi connectivity index (χ1) is 9.96. The standard InChI is InChI=1S/C17H16N2OS/c1-12-8-13(9-18)4-5-14(12)15-10-19-7-6-16(15)21-17(2,3)11-20/h4-8,10-11H,1-3H3. The van der Waals surface area contributed by atoms with Crippen molar-refractivity contribution in [2.45, 2.75) is 30.4 Å². The van der Waals surface area contributed by atoms with Crippen molar-refractivity contribution in [1.82, 2.24) is 4.98 Å². The van der Waals surface area contributed by atoms with Crippen LogP contribution in [-0.4, -0.2) is 16.0 Å². The van der Waals surface area contributed by atoms with E-state index in [9.17, 15) is 4.79 Å². The summed E-state index contributed by atoms with van der Waals surface area (Å²) in [4.78, 5) is 16.4. The zero-order chi connectivity index (χ0) is 15.5. The van der Waals surface area contributed by atoms with Crippen molar-refractivity contribution in [2.24, 2.45) is 0 Å². The number of carbonyl (C=O) groups excluding carboxylic acids is 1. The van der Waals surface area contributed by atoms with E-state index in [4.69, 9.17) is 5.26 Å². The molecule has 0 spiro atoms. The molecule has 2 rings (SSSR count). The van der Waals surface area contributed by atoms with E-state index in [1.807, 2.05) is 39.0 Å². The van der Waals surface area contributed by atoms with Gasteiger partial charge in [-0.25, -0.2) is 0 Å². The molecule has 0 aliphatic heterocycles. The number of nitrogens with zero attached hydrogens (tertiary/aromatic N) is 2. The van der Waals surface area contributed by atoms with Crippen LogP contribution in [0.4, 0.5) is 0 Å². The number of carbonyl (C=O) groups is 1. The summed E-state index contributed by atoms with van der Waals surface area (Å²) in [6.45, 7) is 5.75. The molecule has 0 atom stereocenters. The van der Waals surface area contributed by atoms with Gasteiger partial charge in [-0.15, -0.1) is 11.8 Å². The van der Waals surface area contributed by atoms with Gasteiger partial charge in [-0.2, -0.15) is 5.26 Å². The zero-order valence-corrected chi connectivity index (χ0v) is 13.1. The molecule has 106 valence electrons. The Kier molecular flexibility index (Phi) is 4.44. The monoisotopic (exact) mass is 296 g/mol. The lowest BCUT2D eigenvalue weighted by atomic mass is 10.00. The van der Waals surface area contributed by atoms with Crippen LogP contribution < -0.4 is 0 Å². The number of hydrogen-bond donors (Lipinski definition) is 0. The van der Waals surface area contributed by atoms with E-state index >= 15 is 0 Å². The second kappa shape index (κ2) is 6.11. The molecule has 0 radical (unpaired) electrons. The van der Waals surface area contributed by atoms with E-state index in [0.29, 0.717) is 5.56 Å². The van der Waals surface area contributed by atoms with Crippen molar-refractivity contribution in [1.29, 1.82) is 5.26 Å². The number of aldehydes is 1. The first-order valence-electron chi connectivity index (χ1n) is 6.57. The molecule has 0 amide bonds. The Morgan fingerprint density at radius 1 is 1.29 bits per heavy atom. The lowest BCUT2D eigenvalue weighted by Crippen LogP contribution is -2.15. The fourth-order valence-electron chi connectivity index (χ4n) is 2.02. The van der Waals surface area contributed by atoms with Gasteiger partial charge in [0.25, 0.3) is 0 Å². The van der Waals surface area contributed by atoms with Crippen LogP contribution in [0.15, 0.2) is 41.6 Å². The van der Waals surface area contributed by atoms with Gasteiger partial charge in [-0.05, 0) is 50.1 Å². The summed E-state index contributed by atoms with van der Waals surface area (Å²) < 4.78 is -0.489. The topological polar surface area (TPSA) is 53.8 Å². The minimum Gasteiger partial charge on any atom is -0.302 e. The average molecular weight is 296 g/mol. The van der Waals surface area contributed by atoms with Gasteiger partial charge in [0.1, 0.15) is 6.29 Å². The largest absolute Gasteiger partial charge is 0.302 e. The third-order valence-electron chi connectivity index (χ3n) is 3.08. The highest BCUT2D eigenvalue weighted by Crippen LogP contribution is 2.38. The van der Waals surface area contributed by atoms with Crippen LogP contribution in [0, 0.1) is 18.3 Å². The Hall–Kier alpha value is -2.12. The molecule has 1 heterocycles. The van der Waals surface area contributed by atoms with Gasteiger partial charge in [0.05, 0.1) is 16.4 Å². The summed E-state index contributed by atoms with van der Waals surface area (Å²) >= 11 is 1.51. The number of nitriles is 1. The van der Waals surface area contributed by atoms with Crippen LogP contribution in [0.25, 0.3) is 11.1 Å². The summed E-state index contributed by atoms with van der Waals surface area (Å²) in [5.41, 5.74) is 3.68. The number of benzene rings is 1. The molecule has 0 saturated carbocycles. The quantitative estimate of drug-likeness (QED) is 0.632. The summed E-state index contributed by atoms with van der Waals surface area (Å²) in [5.74, 6) is 0. The molecule has 0 aliphatic rings. The number of thioether (sulfide) groups is 1. The van der Waals surface area contributed by atoms with Gasteiger partial charge < -0.3 is 4.79 Å². The fraction of sp³-hybridized carbons (Fsp3) is 0.235. The summed E-state index contributed by atoms with van der Waals surface area (Å²) in [7, 11) is 0. The maximum atomic E-state index is 11.2. The van der Waals surface area contributed by atoms with E-state index in [-0.39, 0.29) is 0 Å². The number of aromatic nitrogens is 1. The van der Waals surface area contributed by atoms with Gasteiger partial charge in [-0.1, -0.05) is 6.07 Å². The SMILES string of the molecule is Cc1cc(C#N)ccc1-c1cnccc1SC(C)(C)C=O. The molecule has 0 fully saturated rings. The highest BCUT2D eigenvalue weighted by molar-refractivity contribution is 8.01. The first kappa shape index (κ1) is 15.3. The van der Waals surface area contributed by atoms with Crippen LogP contribution in [0.5, 0.6) is 0 Å². The molecular weight excluding hydrogens is 280 g/mol. The van der Waals surface area contributed by atoms with Gasteiger partial charge >= 0.3 is 0 Å². The predicted molar refractivity (Wildman–Crippen MR) is 85.1 cm³/mol. The number of aryl methyl sites for hydroxylation is 1. The second-order valence-corrected chi connectivity index (χ2v) is 7.03. The molecule has 1 aromatic carbocycles. The van der Waals surface area contributed by atoms with E-state index in [1.54, 1.807) is 18.5 Å². The third kappa shape index (κ3) is 3.50. The minimum absolute atomic E-state index is 0.489. The van der Waals surface area contributed by atoms with Crippen molar-refractivity contribution in [3.05, 3.63) is 47.8 Å². The molecule has 4 heteroatoms. The van der Waals surface area contributed by atoms with Gasteiger partial charge in [-0.3, -0.25) is 4.98 Å². The summed E-state index contributed by atoms with van der Waals surface area (Å²) in [5, 5.41) is 8.96. The summed E-state index contributed by atoms with van der Waals surface area (Å²) in [6, 6.07) is 9.66. The number of pyridine rings is 1. The highest BCUT2D eigenvalue weighted by atomic mass is 32.2. The first-order valence-corrected chi connectivity index (χ1v) is 7.39. The summed E-state index contributed by atoms with van der Waals surface area (Å²) in [6.07, 6.45) is 4.48. The lowest BCUT2D eigenvalue weighted by Gasteiger charge is -2.19. The maximum Gasteiger partial charge on any atom is 0.135 e. The Morgan fingerprint density at radius 3 is 2.67 bits per heavy atom. The Balaban J connectivity index is 2.50. The van der Waals surface area contributed by atoms with Crippen LogP contribution in [0.1, 0.15) is 25.0 Å². The molecule has 0 N–H and O–H groups in total. The molecule has 0 unspecified atom stereocenters. The van der Waals surface area contributed by atoms with E-state index in [0.717, 1.165) is 27.9 Å². The molecular formula is C17H16N2OS. The predicted octanol–water partition coefficient (Wildman–Crippen LogP) is 4.00. The highest BCUT2D eigenvalue weighted by Gasteiger charge is 2.20. The molecule has 21 heavy (non-hydrogen) atoms. The van der Waals surface area contributed by atoms with Crippen LogP contribution in [-0.2, 0) is 4.79 Å². The Morgan fingerprint density at radius 2 is 2.05 bits per heavy atom. The molecule has 0 saturated heterocycles. The number of rotatable bonds is 4. The Bertz CT molecular complexity index is 717. The lowest BCUT2D eigenvalue weighted by molar-refractivity contribution is -0.109. The Labute approximate surface area is 129 Å². The van der Waals surface area contributed by atoms with Crippen molar-refractivity contribution in [3.63, 3.8) is 0 Å². The smallest absolute Gasteiger partial charge is 0.135 e. The van der Waals surface area contributed by atoms with E-state index in [2.05, 4.69) is 11.1 Å². The van der Waals surface area contributed by atoms with Crippen LogP contribution >= 0.6 is 11.8 Å². The van der Waals surface area contributed by atoms with Crippen molar-refractivity contribution >= 4 is 18.0 Å². The zero-order valence-electron chi connectivity index (χ0n) is 12.3.